The number of nitrogens with zero attached hydrogens (tertiary/aromatic N) is 2. The molecule has 0 aliphatic heterocycles. The van der Waals surface area contributed by atoms with Crippen molar-refractivity contribution >= 4 is 11.7 Å². The molecule has 6 heteroatoms. The lowest BCUT2D eigenvalue weighted by atomic mass is 10.2. The third kappa shape index (κ3) is 3.51. The van der Waals surface area contributed by atoms with Gasteiger partial charge in [0.1, 0.15) is 5.69 Å². The summed E-state index contributed by atoms with van der Waals surface area (Å²) in [6.45, 7) is 4.65. The Morgan fingerprint density at radius 2 is 2.27 bits per heavy atom. The summed E-state index contributed by atoms with van der Waals surface area (Å²) in [5, 5.41) is 2.74. The second kappa shape index (κ2) is 5.26. The van der Waals surface area contributed by atoms with E-state index >= 15 is 0 Å². The van der Waals surface area contributed by atoms with Crippen molar-refractivity contribution < 1.29 is 4.79 Å². The fourth-order valence-corrected chi connectivity index (χ4v) is 0.932. The van der Waals surface area contributed by atoms with E-state index < -0.39 is 0 Å². The highest BCUT2D eigenvalue weighted by Gasteiger charge is 2.08. The van der Waals surface area contributed by atoms with Crippen LogP contribution in [0.2, 0.25) is 0 Å². The first kappa shape index (κ1) is 11.4. The van der Waals surface area contributed by atoms with Crippen LogP contribution in [0.5, 0.6) is 0 Å². The maximum Gasteiger partial charge on any atom is 0.271 e. The molecule has 1 aromatic heterocycles. The van der Waals surface area contributed by atoms with Gasteiger partial charge >= 0.3 is 0 Å². The molecule has 0 atom stereocenters. The highest BCUT2D eigenvalue weighted by atomic mass is 16.1. The third-order valence-electron chi connectivity index (χ3n) is 1.69. The van der Waals surface area contributed by atoms with Crippen molar-refractivity contribution in [1.29, 1.82) is 0 Å². The van der Waals surface area contributed by atoms with Crippen LogP contribution < -0.4 is 16.6 Å². The Kier molecular flexibility index (Phi) is 3.99. The number of carbonyl (C=O) groups is 1. The zero-order chi connectivity index (χ0) is 11.3. The Balaban J connectivity index is 2.65. The number of hydrogen-bond acceptors (Lipinski definition) is 5. The molecule has 82 valence electrons. The molecule has 1 amide bonds. The molecule has 0 saturated carbocycles. The number of nitrogen functional groups attached to an aromatic ring is 1. The van der Waals surface area contributed by atoms with E-state index in [4.69, 9.17) is 5.84 Å². The highest BCUT2D eigenvalue weighted by molar-refractivity contribution is 5.92. The number of aromatic nitrogens is 2. The number of carbonyl (C=O) groups excluding carboxylic acids is 1. The van der Waals surface area contributed by atoms with Gasteiger partial charge < -0.3 is 10.7 Å². The summed E-state index contributed by atoms with van der Waals surface area (Å²) in [5.74, 6) is 5.68. The predicted octanol–water partition coefficient (Wildman–Crippen LogP) is 0.148. The minimum Gasteiger partial charge on any atom is -0.350 e. The summed E-state index contributed by atoms with van der Waals surface area (Å²) < 4.78 is 0. The van der Waals surface area contributed by atoms with Crippen molar-refractivity contribution in [2.45, 2.75) is 13.8 Å². The SMILES string of the molecule is CC(C)CNC(=O)c1cncc(NN)n1. The van der Waals surface area contributed by atoms with Crippen LogP contribution in [0, 0.1) is 5.92 Å². The van der Waals surface area contributed by atoms with Crippen LogP contribution in [-0.2, 0) is 0 Å². The van der Waals surface area contributed by atoms with Crippen molar-refractivity contribution in [1.82, 2.24) is 15.3 Å². The molecule has 0 spiro atoms. The Morgan fingerprint density at radius 3 is 2.87 bits per heavy atom. The predicted molar refractivity (Wildman–Crippen MR) is 57.0 cm³/mol. The lowest BCUT2D eigenvalue weighted by molar-refractivity contribution is 0.0943. The van der Waals surface area contributed by atoms with Gasteiger partial charge in [0, 0.05) is 6.54 Å². The standard InChI is InChI=1S/C9H15N5O/c1-6(2)3-12-9(15)7-4-11-5-8(13-7)14-10/h4-6H,3,10H2,1-2H3,(H,12,15)(H,13,14). The molecule has 1 rings (SSSR count). The van der Waals surface area contributed by atoms with Crippen molar-refractivity contribution in [2.75, 3.05) is 12.0 Å². The largest absolute Gasteiger partial charge is 0.350 e. The first-order valence-electron chi connectivity index (χ1n) is 4.70. The second-order valence-corrected chi connectivity index (χ2v) is 3.54. The van der Waals surface area contributed by atoms with Crippen LogP contribution >= 0.6 is 0 Å². The van der Waals surface area contributed by atoms with Gasteiger partial charge in [-0.25, -0.2) is 10.8 Å². The smallest absolute Gasteiger partial charge is 0.271 e. The van der Waals surface area contributed by atoms with E-state index in [-0.39, 0.29) is 11.6 Å². The van der Waals surface area contributed by atoms with Crippen LogP contribution in [0.3, 0.4) is 0 Å². The molecule has 0 aromatic carbocycles. The van der Waals surface area contributed by atoms with Crippen LogP contribution in [0.25, 0.3) is 0 Å². The van der Waals surface area contributed by atoms with Gasteiger partial charge in [0.25, 0.3) is 5.91 Å². The van der Waals surface area contributed by atoms with E-state index in [0.717, 1.165) is 0 Å². The van der Waals surface area contributed by atoms with Gasteiger partial charge in [-0.3, -0.25) is 9.78 Å². The zero-order valence-corrected chi connectivity index (χ0v) is 8.82. The molecule has 0 radical (unpaired) electrons. The Morgan fingerprint density at radius 1 is 1.53 bits per heavy atom. The Hall–Kier alpha value is -1.69. The number of rotatable bonds is 4. The Bertz CT molecular complexity index is 339. The van der Waals surface area contributed by atoms with Gasteiger partial charge in [-0.05, 0) is 5.92 Å². The van der Waals surface area contributed by atoms with Crippen molar-refractivity contribution in [2.24, 2.45) is 11.8 Å². The number of hydrogen-bond donors (Lipinski definition) is 3. The summed E-state index contributed by atoms with van der Waals surface area (Å²) in [4.78, 5) is 19.3. The molecule has 0 bridgehead atoms. The fourth-order valence-electron chi connectivity index (χ4n) is 0.932. The highest BCUT2D eigenvalue weighted by Crippen LogP contribution is 2.00. The van der Waals surface area contributed by atoms with E-state index in [1.807, 2.05) is 13.8 Å². The van der Waals surface area contributed by atoms with Crippen LogP contribution in [-0.4, -0.2) is 22.4 Å². The number of hydrazine groups is 1. The fraction of sp³-hybridized carbons (Fsp3) is 0.444. The zero-order valence-electron chi connectivity index (χ0n) is 8.82. The van der Waals surface area contributed by atoms with Gasteiger partial charge in [0.05, 0.1) is 12.4 Å². The van der Waals surface area contributed by atoms with Gasteiger partial charge in [0.2, 0.25) is 0 Å². The molecule has 0 unspecified atom stereocenters. The minimum atomic E-state index is -0.242. The normalized spacial score (nSPS) is 10.1. The molecule has 0 aliphatic carbocycles. The topological polar surface area (TPSA) is 92.9 Å². The lowest BCUT2D eigenvalue weighted by Crippen LogP contribution is -2.28. The summed E-state index contributed by atoms with van der Waals surface area (Å²) in [6.07, 6.45) is 2.84. The summed E-state index contributed by atoms with van der Waals surface area (Å²) in [7, 11) is 0. The van der Waals surface area contributed by atoms with Crippen LogP contribution in [0.1, 0.15) is 24.3 Å². The van der Waals surface area contributed by atoms with Crippen molar-refractivity contribution in [3.05, 3.63) is 18.1 Å². The van der Waals surface area contributed by atoms with Crippen molar-refractivity contribution in [3.63, 3.8) is 0 Å². The van der Waals surface area contributed by atoms with Crippen LogP contribution in [0.4, 0.5) is 5.82 Å². The van der Waals surface area contributed by atoms with Gasteiger partial charge in [0.15, 0.2) is 5.82 Å². The van der Waals surface area contributed by atoms with Gasteiger partial charge in [-0.15, -0.1) is 0 Å². The number of anilines is 1. The van der Waals surface area contributed by atoms with E-state index in [0.29, 0.717) is 18.3 Å². The Labute approximate surface area is 88.3 Å². The second-order valence-electron chi connectivity index (χ2n) is 3.54. The molecule has 6 nitrogen and oxygen atoms in total. The maximum atomic E-state index is 11.5. The molecule has 4 N–H and O–H groups in total. The number of amides is 1. The van der Waals surface area contributed by atoms with E-state index in [1.165, 1.54) is 12.4 Å². The minimum absolute atomic E-state index is 0.242. The van der Waals surface area contributed by atoms with Gasteiger partial charge in [-0.1, -0.05) is 13.8 Å². The average Bonchev–Trinajstić information content (AvgIpc) is 2.26. The molecule has 0 saturated heterocycles. The van der Waals surface area contributed by atoms with Crippen molar-refractivity contribution in [3.8, 4) is 0 Å². The molecule has 1 aromatic rings. The quantitative estimate of drug-likeness (QED) is 0.485. The van der Waals surface area contributed by atoms with E-state index in [1.54, 1.807) is 0 Å². The molecule has 15 heavy (non-hydrogen) atoms. The summed E-state index contributed by atoms with van der Waals surface area (Å²) >= 11 is 0. The van der Waals surface area contributed by atoms with Crippen LogP contribution in [0.15, 0.2) is 12.4 Å². The average molecular weight is 209 g/mol. The molecular formula is C9H15N5O. The lowest BCUT2D eigenvalue weighted by Gasteiger charge is -2.07. The first-order valence-corrected chi connectivity index (χ1v) is 4.70. The third-order valence-corrected chi connectivity index (χ3v) is 1.69. The maximum absolute atomic E-state index is 11.5. The molecule has 0 fully saturated rings. The molecular weight excluding hydrogens is 194 g/mol. The first-order chi connectivity index (χ1) is 7.13. The molecule has 1 heterocycles. The van der Waals surface area contributed by atoms with E-state index in [9.17, 15) is 4.79 Å². The summed E-state index contributed by atoms with van der Waals surface area (Å²) in [5.41, 5.74) is 2.59. The monoisotopic (exact) mass is 209 g/mol. The van der Waals surface area contributed by atoms with E-state index in [2.05, 4.69) is 20.7 Å². The number of nitrogens with one attached hydrogen (secondary N) is 2. The van der Waals surface area contributed by atoms with Gasteiger partial charge in [-0.2, -0.15) is 0 Å². The molecule has 0 aliphatic rings. The number of nitrogens with two attached hydrogens (primary N) is 1. The summed E-state index contributed by atoms with van der Waals surface area (Å²) in [6, 6.07) is 0.